The number of aryl methyl sites for hydroxylation is 1. The molecule has 0 aliphatic rings. The molecule has 2 rings (SSSR count). The number of anilines is 1. The molecule has 0 unspecified atom stereocenters. The van der Waals surface area contributed by atoms with Gasteiger partial charge in [0.1, 0.15) is 5.82 Å². The van der Waals surface area contributed by atoms with E-state index >= 15 is 0 Å². The van der Waals surface area contributed by atoms with E-state index in [2.05, 4.69) is 10.4 Å². The second-order valence-corrected chi connectivity index (χ2v) is 7.87. The van der Waals surface area contributed by atoms with Crippen LogP contribution in [0.15, 0.2) is 35.2 Å². The van der Waals surface area contributed by atoms with Gasteiger partial charge in [-0.3, -0.25) is 4.79 Å². The van der Waals surface area contributed by atoms with E-state index in [-0.39, 0.29) is 22.6 Å². The SMILES string of the molecule is CCS(=O)(=O)c1cccc(C(=O)Nc2cc(C)nn2C(C)C)c1. The molecule has 0 bridgehead atoms. The molecule has 6 nitrogen and oxygen atoms in total. The molecule has 1 heterocycles. The van der Waals surface area contributed by atoms with Gasteiger partial charge in [-0.1, -0.05) is 13.0 Å². The Balaban J connectivity index is 2.31. The summed E-state index contributed by atoms with van der Waals surface area (Å²) in [6, 6.07) is 7.95. The quantitative estimate of drug-likeness (QED) is 0.911. The first-order chi connectivity index (χ1) is 10.7. The summed E-state index contributed by atoms with van der Waals surface area (Å²) in [5.41, 5.74) is 1.10. The van der Waals surface area contributed by atoms with Crippen molar-refractivity contribution in [3.05, 3.63) is 41.6 Å². The standard InChI is InChI=1S/C16H21N3O3S/c1-5-23(21,22)14-8-6-7-13(10-14)16(20)17-15-9-12(4)18-19(15)11(2)3/h6-11H,5H2,1-4H3,(H,17,20). The van der Waals surface area contributed by atoms with Crippen molar-refractivity contribution in [1.29, 1.82) is 0 Å². The maximum Gasteiger partial charge on any atom is 0.256 e. The lowest BCUT2D eigenvalue weighted by Crippen LogP contribution is -2.17. The highest BCUT2D eigenvalue weighted by molar-refractivity contribution is 7.91. The van der Waals surface area contributed by atoms with E-state index in [4.69, 9.17) is 0 Å². The third-order valence-electron chi connectivity index (χ3n) is 3.42. The van der Waals surface area contributed by atoms with Crippen molar-refractivity contribution in [2.24, 2.45) is 0 Å². The highest BCUT2D eigenvalue weighted by atomic mass is 32.2. The van der Waals surface area contributed by atoms with E-state index in [0.717, 1.165) is 5.69 Å². The van der Waals surface area contributed by atoms with Crippen molar-refractivity contribution in [2.75, 3.05) is 11.1 Å². The maximum atomic E-state index is 12.4. The van der Waals surface area contributed by atoms with Crippen molar-refractivity contribution < 1.29 is 13.2 Å². The Morgan fingerprint density at radius 2 is 2.00 bits per heavy atom. The van der Waals surface area contributed by atoms with Crippen LogP contribution in [-0.4, -0.2) is 29.9 Å². The van der Waals surface area contributed by atoms with Gasteiger partial charge in [-0.15, -0.1) is 0 Å². The summed E-state index contributed by atoms with van der Waals surface area (Å²) in [5, 5.41) is 7.13. The zero-order valence-corrected chi connectivity index (χ0v) is 14.5. The number of aromatic nitrogens is 2. The van der Waals surface area contributed by atoms with Crippen molar-refractivity contribution in [3.63, 3.8) is 0 Å². The Kier molecular flexibility index (Phi) is 4.89. The molecule has 1 aromatic heterocycles. The molecule has 0 spiro atoms. The fraction of sp³-hybridized carbons (Fsp3) is 0.375. The van der Waals surface area contributed by atoms with Gasteiger partial charge in [0.2, 0.25) is 0 Å². The molecule has 1 N–H and O–H groups in total. The van der Waals surface area contributed by atoms with Crippen LogP contribution in [-0.2, 0) is 9.84 Å². The van der Waals surface area contributed by atoms with E-state index in [0.29, 0.717) is 11.4 Å². The minimum absolute atomic E-state index is 0.00259. The van der Waals surface area contributed by atoms with Crippen LogP contribution in [0.1, 0.15) is 42.9 Å². The minimum atomic E-state index is -3.34. The average molecular weight is 335 g/mol. The fourth-order valence-corrected chi connectivity index (χ4v) is 3.12. The number of amides is 1. The number of carbonyl (C=O) groups excluding carboxylic acids is 1. The average Bonchev–Trinajstić information content (AvgIpc) is 2.88. The molecule has 7 heteroatoms. The topological polar surface area (TPSA) is 81.1 Å². The van der Waals surface area contributed by atoms with Crippen LogP contribution in [0.4, 0.5) is 5.82 Å². The molecule has 124 valence electrons. The first-order valence-corrected chi connectivity index (χ1v) is 9.10. The van der Waals surface area contributed by atoms with E-state index < -0.39 is 9.84 Å². The summed E-state index contributed by atoms with van der Waals surface area (Å²) in [4.78, 5) is 12.6. The largest absolute Gasteiger partial charge is 0.307 e. The van der Waals surface area contributed by atoms with Crippen LogP contribution in [0, 0.1) is 6.92 Å². The van der Waals surface area contributed by atoms with Gasteiger partial charge in [0.25, 0.3) is 5.91 Å². The smallest absolute Gasteiger partial charge is 0.256 e. The number of carbonyl (C=O) groups is 1. The Bertz CT molecular complexity index is 823. The summed E-state index contributed by atoms with van der Waals surface area (Å²) < 4.78 is 25.6. The van der Waals surface area contributed by atoms with Crippen LogP contribution in [0.2, 0.25) is 0 Å². The van der Waals surface area contributed by atoms with Crippen molar-refractivity contribution >= 4 is 21.6 Å². The fourth-order valence-electron chi connectivity index (χ4n) is 2.19. The lowest BCUT2D eigenvalue weighted by molar-refractivity contribution is 0.102. The molecular formula is C16H21N3O3S. The van der Waals surface area contributed by atoms with Gasteiger partial charge in [-0.25, -0.2) is 13.1 Å². The second kappa shape index (κ2) is 6.54. The molecule has 0 saturated carbocycles. The molecule has 0 fully saturated rings. The summed E-state index contributed by atoms with van der Waals surface area (Å²) >= 11 is 0. The Hall–Kier alpha value is -2.15. The van der Waals surface area contributed by atoms with Crippen molar-refractivity contribution in [1.82, 2.24) is 9.78 Å². The first kappa shape index (κ1) is 17.2. The summed E-state index contributed by atoms with van der Waals surface area (Å²) in [5.74, 6) is 0.225. The van der Waals surface area contributed by atoms with E-state index in [1.807, 2.05) is 20.8 Å². The zero-order valence-electron chi connectivity index (χ0n) is 13.7. The summed E-state index contributed by atoms with van der Waals surface area (Å²) in [6.45, 7) is 7.36. The third kappa shape index (κ3) is 3.79. The second-order valence-electron chi connectivity index (χ2n) is 5.59. The number of hydrogen-bond acceptors (Lipinski definition) is 4. The van der Waals surface area contributed by atoms with Crippen molar-refractivity contribution in [3.8, 4) is 0 Å². The predicted octanol–water partition coefficient (Wildman–Crippen LogP) is 2.82. The van der Waals surface area contributed by atoms with Crippen molar-refractivity contribution in [2.45, 2.75) is 38.6 Å². The zero-order chi connectivity index (χ0) is 17.2. The third-order valence-corrected chi connectivity index (χ3v) is 5.16. The first-order valence-electron chi connectivity index (χ1n) is 7.45. The molecule has 23 heavy (non-hydrogen) atoms. The highest BCUT2D eigenvalue weighted by Crippen LogP contribution is 2.18. The molecule has 0 aliphatic heterocycles. The molecule has 0 saturated heterocycles. The predicted molar refractivity (Wildman–Crippen MR) is 89.5 cm³/mol. The molecule has 0 aliphatic carbocycles. The molecule has 1 amide bonds. The number of nitrogens with one attached hydrogen (secondary N) is 1. The maximum absolute atomic E-state index is 12.4. The highest BCUT2D eigenvalue weighted by Gasteiger charge is 2.16. The molecule has 1 aromatic carbocycles. The number of nitrogens with zero attached hydrogens (tertiary/aromatic N) is 2. The normalized spacial score (nSPS) is 11.7. The lowest BCUT2D eigenvalue weighted by atomic mass is 10.2. The van der Waals surface area contributed by atoms with Gasteiger partial charge < -0.3 is 5.32 Å². The van der Waals surface area contributed by atoms with Gasteiger partial charge in [-0.2, -0.15) is 5.10 Å². The van der Waals surface area contributed by atoms with Crippen LogP contribution in [0.3, 0.4) is 0 Å². The molecular weight excluding hydrogens is 314 g/mol. The van der Waals surface area contributed by atoms with E-state index in [1.165, 1.54) is 12.1 Å². The van der Waals surface area contributed by atoms with E-state index in [9.17, 15) is 13.2 Å². The van der Waals surface area contributed by atoms with Gasteiger partial charge in [0.15, 0.2) is 9.84 Å². The summed E-state index contributed by atoms with van der Waals surface area (Å²) in [7, 11) is -3.34. The van der Waals surface area contributed by atoms with Crippen LogP contribution >= 0.6 is 0 Å². The van der Waals surface area contributed by atoms with E-state index in [1.54, 1.807) is 29.8 Å². The van der Waals surface area contributed by atoms with Crippen LogP contribution < -0.4 is 5.32 Å². The Morgan fingerprint density at radius 1 is 1.30 bits per heavy atom. The van der Waals surface area contributed by atoms with Crippen LogP contribution in [0.25, 0.3) is 0 Å². The van der Waals surface area contributed by atoms with Gasteiger partial charge in [-0.05, 0) is 39.0 Å². The summed E-state index contributed by atoms with van der Waals surface area (Å²) in [6.07, 6.45) is 0. The lowest BCUT2D eigenvalue weighted by Gasteiger charge is -2.12. The Morgan fingerprint density at radius 3 is 2.61 bits per heavy atom. The monoisotopic (exact) mass is 335 g/mol. The van der Waals surface area contributed by atoms with Gasteiger partial charge in [0.05, 0.1) is 16.3 Å². The molecule has 2 aromatic rings. The van der Waals surface area contributed by atoms with Gasteiger partial charge in [0, 0.05) is 17.7 Å². The minimum Gasteiger partial charge on any atom is -0.307 e. The molecule has 0 radical (unpaired) electrons. The Labute approximate surface area is 136 Å². The number of hydrogen-bond donors (Lipinski definition) is 1. The van der Waals surface area contributed by atoms with Gasteiger partial charge >= 0.3 is 0 Å². The van der Waals surface area contributed by atoms with Crippen LogP contribution in [0.5, 0.6) is 0 Å². The number of rotatable bonds is 5. The molecule has 0 atom stereocenters. The number of benzene rings is 1. The number of sulfone groups is 1.